The van der Waals surface area contributed by atoms with Crippen LogP contribution in [-0.2, 0) is 9.53 Å². The zero-order valence-electron chi connectivity index (χ0n) is 12.3. The Morgan fingerprint density at radius 2 is 2.14 bits per heavy atom. The number of hydrogen-bond acceptors (Lipinski definition) is 3. The molecular formula is C15H21Cl2NO3. The van der Waals surface area contributed by atoms with Crippen molar-refractivity contribution in [2.45, 2.75) is 32.2 Å². The molecule has 0 spiro atoms. The average molecular weight is 334 g/mol. The van der Waals surface area contributed by atoms with Gasteiger partial charge in [0.2, 0.25) is 5.91 Å². The summed E-state index contributed by atoms with van der Waals surface area (Å²) in [7, 11) is 1.62. The normalized spacial score (nSPS) is 12.0. The van der Waals surface area contributed by atoms with E-state index < -0.39 is 0 Å². The van der Waals surface area contributed by atoms with Crippen molar-refractivity contribution in [2.75, 3.05) is 20.3 Å². The van der Waals surface area contributed by atoms with Crippen molar-refractivity contribution in [1.82, 2.24) is 5.32 Å². The van der Waals surface area contributed by atoms with Gasteiger partial charge in [-0.3, -0.25) is 4.79 Å². The Labute approximate surface area is 135 Å². The number of methoxy groups -OCH3 is 1. The molecular weight excluding hydrogens is 313 g/mol. The van der Waals surface area contributed by atoms with Crippen LogP contribution in [0.2, 0.25) is 10.0 Å². The molecule has 1 atom stereocenters. The van der Waals surface area contributed by atoms with E-state index in [-0.39, 0.29) is 11.9 Å². The summed E-state index contributed by atoms with van der Waals surface area (Å²) < 4.78 is 10.6. The molecule has 0 aliphatic heterocycles. The summed E-state index contributed by atoms with van der Waals surface area (Å²) in [6, 6.07) is 5.12. The number of amides is 1. The lowest BCUT2D eigenvalue weighted by molar-refractivity contribution is -0.122. The monoisotopic (exact) mass is 333 g/mol. The van der Waals surface area contributed by atoms with Crippen molar-refractivity contribution in [2.24, 2.45) is 0 Å². The first-order valence-electron chi connectivity index (χ1n) is 6.93. The highest BCUT2D eigenvalue weighted by molar-refractivity contribution is 6.35. The highest BCUT2D eigenvalue weighted by Crippen LogP contribution is 2.27. The molecule has 1 N–H and O–H groups in total. The van der Waals surface area contributed by atoms with Gasteiger partial charge in [-0.25, -0.2) is 0 Å². The number of hydrogen-bond donors (Lipinski definition) is 1. The van der Waals surface area contributed by atoms with E-state index in [2.05, 4.69) is 5.32 Å². The van der Waals surface area contributed by atoms with E-state index in [0.29, 0.717) is 41.9 Å². The number of carbonyl (C=O) groups is 1. The number of benzene rings is 1. The predicted octanol–water partition coefficient (Wildman–Crippen LogP) is 3.69. The smallest absolute Gasteiger partial charge is 0.220 e. The second kappa shape index (κ2) is 9.87. The molecule has 1 amide bonds. The Hall–Kier alpha value is -0.970. The molecule has 0 aliphatic rings. The lowest BCUT2D eigenvalue weighted by Gasteiger charge is -2.15. The van der Waals surface area contributed by atoms with Crippen LogP contribution in [0.1, 0.15) is 26.2 Å². The predicted molar refractivity (Wildman–Crippen MR) is 85.3 cm³/mol. The number of carbonyl (C=O) groups excluding carboxylic acids is 1. The van der Waals surface area contributed by atoms with Gasteiger partial charge >= 0.3 is 0 Å². The first-order chi connectivity index (χ1) is 10.1. The van der Waals surface area contributed by atoms with Gasteiger partial charge in [0.05, 0.1) is 24.3 Å². The van der Waals surface area contributed by atoms with Crippen LogP contribution in [0.4, 0.5) is 0 Å². The van der Waals surface area contributed by atoms with E-state index in [4.69, 9.17) is 32.7 Å². The van der Waals surface area contributed by atoms with Crippen molar-refractivity contribution in [3.05, 3.63) is 28.2 Å². The molecule has 118 valence electrons. The summed E-state index contributed by atoms with van der Waals surface area (Å²) in [5.74, 6) is 0.581. The van der Waals surface area contributed by atoms with E-state index >= 15 is 0 Å². The molecule has 1 unspecified atom stereocenters. The SMILES string of the molecule is CCC(COC)NC(=O)CCCOc1ccc(Cl)cc1Cl. The molecule has 0 heterocycles. The molecule has 0 saturated carbocycles. The van der Waals surface area contributed by atoms with E-state index in [1.54, 1.807) is 25.3 Å². The van der Waals surface area contributed by atoms with E-state index in [1.807, 2.05) is 6.92 Å². The summed E-state index contributed by atoms with van der Waals surface area (Å²) >= 11 is 11.8. The highest BCUT2D eigenvalue weighted by atomic mass is 35.5. The van der Waals surface area contributed by atoms with Crippen molar-refractivity contribution >= 4 is 29.1 Å². The first kappa shape index (κ1) is 18.1. The zero-order valence-corrected chi connectivity index (χ0v) is 13.8. The summed E-state index contributed by atoms with van der Waals surface area (Å²) in [6.07, 6.45) is 1.87. The maximum Gasteiger partial charge on any atom is 0.220 e. The van der Waals surface area contributed by atoms with E-state index in [9.17, 15) is 4.79 Å². The third-order valence-electron chi connectivity index (χ3n) is 2.93. The first-order valence-corrected chi connectivity index (χ1v) is 7.68. The Bertz CT molecular complexity index is 455. The van der Waals surface area contributed by atoms with Gasteiger partial charge in [0, 0.05) is 18.6 Å². The summed E-state index contributed by atoms with van der Waals surface area (Å²) in [6.45, 7) is 2.96. The third kappa shape index (κ3) is 7.02. The van der Waals surface area contributed by atoms with E-state index in [0.717, 1.165) is 6.42 Å². The van der Waals surface area contributed by atoms with Crippen LogP contribution in [0.25, 0.3) is 0 Å². The van der Waals surface area contributed by atoms with Crippen molar-refractivity contribution in [3.8, 4) is 5.75 Å². The molecule has 1 aromatic carbocycles. The molecule has 1 rings (SSSR count). The summed E-state index contributed by atoms with van der Waals surface area (Å²) in [5.41, 5.74) is 0. The molecule has 0 aliphatic carbocycles. The number of halogens is 2. The largest absolute Gasteiger partial charge is 0.492 e. The second-order valence-electron chi connectivity index (χ2n) is 4.65. The van der Waals surface area contributed by atoms with Crippen molar-refractivity contribution in [3.63, 3.8) is 0 Å². The molecule has 21 heavy (non-hydrogen) atoms. The summed E-state index contributed by atoms with van der Waals surface area (Å²) in [5, 5.41) is 3.96. The maximum absolute atomic E-state index is 11.7. The minimum atomic E-state index is 0.00435. The van der Waals surface area contributed by atoms with Gasteiger partial charge in [0.15, 0.2) is 0 Å². The van der Waals surface area contributed by atoms with Crippen molar-refractivity contribution in [1.29, 1.82) is 0 Å². The van der Waals surface area contributed by atoms with Gasteiger partial charge in [0.25, 0.3) is 0 Å². The summed E-state index contributed by atoms with van der Waals surface area (Å²) in [4.78, 5) is 11.7. The minimum absolute atomic E-state index is 0.00435. The third-order valence-corrected chi connectivity index (χ3v) is 3.46. The molecule has 0 saturated heterocycles. The van der Waals surface area contributed by atoms with Crippen LogP contribution >= 0.6 is 23.2 Å². The Kier molecular flexibility index (Phi) is 8.50. The van der Waals surface area contributed by atoms with Crippen LogP contribution in [0.15, 0.2) is 18.2 Å². The fourth-order valence-electron chi connectivity index (χ4n) is 1.77. The Balaban J connectivity index is 2.25. The van der Waals surface area contributed by atoms with Gasteiger partial charge in [-0.15, -0.1) is 0 Å². The van der Waals surface area contributed by atoms with Gasteiger partial charge in [-0.05, 0) is 31.0 Å². The number of rotatable bonds is 9. The molecule has 4 nitrogen and oxygen atoms in total. The van der Waals surface area contributed by atoms with Gasteiger partial charge in [-0.2, -0.15) is 0 Å². The van der Waals surface area contributed by atoms with Crippen LogP contribution in [0, 0.1) is 0 Å². The molecule has 6 heteroatoms. The van der Waals surface area contributed by atoms with E-state index in [1.165, 1.54) is 0 Å². The van der Waals surface area contributed by atoms with Crippen LogP contribution in [-0.4, -0.2) is 32.3 Å². The fourth-order valence-corrected chi connectivity index (χ4v) is 2.23. The second-order valence-corrected chi connectivity index (χ2v) is 5.50. The maximum atomic E-state index is 11.7. The number of nitrogens with one attached hydrogen (secondary N) is 1. The fraction of sp³-hybridized carbons (Fsp3) is 0.533. The highest BCUT2D eigenvalue weighted by Gasteiger charge is 2.10. The van der Waals surface area contributed by atoms with Gasteiger partial charge in [-0.1, -0.05) is 30.1 Å². The van der Waals surface area contributed by atoms with Crippen molar-refractivity contribution < 1.29 is 14.3 Å². The number of ether oxygens (including phenoxy) is 2. The Morgan fingerprint density at radius 1 is 1.38 bits per heavy atom. The van der Waals surface area contributed by atoms with Crippen LogP contribution < -0.4 is 10.1 Å². The molecule has 1 aromatic rings. The minimum Gasteiger partial charge on any atom is -0.492 e. The molecule has 0 bridgehead atoms. The van der Waals surface area contributed by atoms with Gasteiger partial charge < -0.3 is 14.8 Å². The average Bonchev–Trinajstić information content (AvgIpc) is 2.45. The zero-order chi connectivity index (χ0) is 15.7. The standard InChI is InChI=1S/C15H21Cl2NO3/c1-3-12(10-20-2)18-15(19)5-4-8-21-14-7-6-11(16)9-13(14)17/h6-7,9,12H,3-5,8,10H2,1-2H3,(H,18,19). The van der Waals surface area contributed by atoms with Gasteiger partial charge in [0.1, 0.15) is 5.75 Å². The lowest BCUT2D eigenvalue weighted by Crippen LogP contribution is -2.37. The lowest BCUT2D eigenvalue weighted by atomic mass is 10.2. The molecule has 0 fully saturated rings. The quantitative estimate of drug-likeness (QED) is 0.701. The molecule has 0 radical (unpaired) electrons. The topological polar surface area (TPSA) is 47.6 Å². The molecule has 0 aromatic heterocycles. The van der Waals surface area contributed by atoms with Crippen LogP contribution in [0.3, 0.4) is 0 Å². The Morgan fingerprint density at radius 3 is 2.76 bits per heavy atom. The van der Waals surface area contributed by atoms with Crippen LogP contribution in [0.5, 0.6) is 5.75 Å².